The van der Waals surface area contributed by atoms with Crippen LogP contribution >= 0.6 is 0 Å². The number of aromatic nitrogens is 4. The van der Waals surface area contributed by atoms with E-state index in [-0.39, 0.29) is 27.4 Å². The van der Waals surface area contributed by atoms with Crippen LogP contribution in [0.2, 0.25) is 0 Å². The molecule has 0 aliphatic rings. The van der Waals surface area contributed by atoms with E-state index < -0.39 is 0 Å². The molecule has 0 fully saturated rings. The smallest absolute Gasteiger partial charge is 0.149 e. The minimum absolute atomic E-state index is 0.00990. The summed E-state index contributed by atoms with van der Waals surface area (Å²) >= 11 is 0. The Morgan fingerprint density at radius 2 is 1.12 bits per heavy atom. The van der Waals surface area contributed by atoms with Gasteiger partial charge in [-0.2, -0.15) is 0 Å². The summed E-state index contributed by atoms with van der Waals surface area (Å²) < 4.78 is 2.24. The van der Waals surface area contributed by atoms with Crippen LogP contribution in [-0.2, 0) is 21.7 Å². The van der Waals surface area contributed by atoms with Crippen molar-refractivity contribution in [1.29, 1.82) is 0 Å². The highest BCUT2D eigenvalue weighted by Gasteiger charge is 2.29. The second kappa shape index (κ2) is 14.3. The third kappa shape index (κ3) is 7.44. The summed E-state index contributed by atoms with van der Waals surface area (Å²) in [6, 6.07) is 43.0. The van der Waals surface area contributed by atoms with E-state index in [1.807, 2.05) is 30.6 Å². The van der Waals surface area contributed by atoms with E-state index in [2.05, 4.69) is 184 Å². The van der Waals surface area contributed by atoms with Crippen molar-refractivity contribution in [3.63, 3.8) is 0 Å². The number of fused-ring (bicyclic) bond motifs is 2. The second-order valence-electron chi connectivity index (χ2n) is 19.7. The molecule has 0 atom stereocenters. The SMILES string of the molecule is CC(C)(C)c1ccc(-n2c(-c3cc(C(C)(C)C)ccc3O)nc3c(-c4ccnc(-c5cc(C(C)(C)C)cc6cccnc56)c4)cc(C(C)(C)c4ccccc4)cc32)cc1. The number of nitrogens with zero attached hydrogens (tertiary/aromatic N) is 4. The van der Waals surface area contributed by atoms with E-state index in [9.17, 15) is 5.11 Å². The number of rotatable bonds is 6. The van der Waals surface area contributed by atoms with Crippen molar-refractivity contribution in [3.05, 3.63) is 162 Å². The average Bonchev–Trinajstić information content (AvgIpc) is 3.59. The number of phenolic OH excluding ortho intramolecular Hbond substituents is 1. The molecule has 0 amide bonds. The summed E-state index contributed by atoms with van der Waals surface area (Å²) in [7, 11) is 0. The van der Waals surface area contributed by atoms with Gasteiger partial charge in [0.15, 0.2) is 0 Å². The van der Waals surface area contributed by atoms with Gasteiger partial charge in [-0.25, -0.2) is 4.98 Å². The molecule has 5 nitrogen and oxygen atoms in total. The fourth-order valence-electron chi connectivity index (χ4n) is 8.08. The topological polar surface area (TPSA) is 63.8 Å². The molecule has 8 aromatic rings. The Bertz CT molecular complexity index is 2840. The molecule has 0 saturated carbocycles. The summed E-state index contributed by atoms with van der Waals surface area (Å²) in [5, 5.41) is 12.8. The van der Waals surface area contributed by atoms with Gasteiger partial charge in [0.05, 0.1) is 27.8 Å². The first-order valence-corrected chi connectivity index (χ1v) is 20.7. The molecular weight excluding hydrogens is 721 g/mol. The molecule has 3 heterocycles. The summed E-state index contributed by atoms with van der Waals surface area (Å²) in [6.07, 6.45) is 3.77. The Balaban J connectivity index is 1.46. The van der Waals surface area contributed by atoms with E-state index in [4.69, 9.17) is 15.0 Å². The van der Waals surface area contributed by atoms with Crippen molar-refractivity contribution < 1.29 is 5.11 Å². The van der Waals surface area contributed by atoms with Gasteiger partial charge in [0.1, 0.15) is 11.6 Å². The minimum atomic E-state index is -0.360. The first-order chi connectivity index (χ1) is 27.8. The van der Waals surface area contributed by atoms with Crippen LogP contribution < -0.4 is 0 Å². The first kappa shape index (κ1) is 39.7. The maximum Gasteiger partial charge on any atom is 0.149 e. The molecule has 0 radical (unpaired) electrons. The predicted molar refractivity (Wildman–Crippen MR) is 247 cm³/mol. The Hall–Kier alpha value is -6.07. The first-order valence-electron chi connectivity index (χ1n) is 20.7. The van der Waals surface area contributed by atoms with Crippen LogP contribution in [0.4, 0.5) is 0 Å². The number of hydrogen-bond acceptors (Lipinski definition) is 4. The highest BCUT2D eigenvalue weighted by molar-refractivity contribution is 5.99. The Kier molecular flexibility index (Phi) is 9.66. The van der Waals surface area contributed by atoms with Crippen LogP contribution in [0.15, 0.2) is 134 Å². The zero-order valence-electron chi connectivity index (χ0n) is 36.4. The van der Waals surface area contributed by atoms with Gasteiger partial charge in [-0.3, -0.25) is 14.5 Å². The highest BCUT2D eigenvalue weighted by Crippen LogP contribution is 2.44. The summed E-state index contributed by atoms with van der Waals surface area (Å²) in [5.41, 5.74) is 13.6. The minimum Gasteiger partial charge on any atom is -0.507 e. The standard InChI is InChI=1S/C54H56N4O/c1-51(2,3)36-19-22-41(23-20-36)58-46-33-40(54(10,11)37-17-13-12-14-18-37)32-42(49(46)57-50(58)44-30-38(52(4,5)6)21-24-47(44)59)34-25-27-55-45(29-34)43-31-39(53(7,8)9)28-35-16-15-26-56-48(35)43/h12-33,59H,1-11H3. The number of hydrogen-bond donors (Lipinski definition) is 1. The van der Waals surface area contributed by atoms with Gasteiger partial charge in [0.2, 0.25) is 0 Å². The quantitative estimate of drug-likeness (QED) is 0.183. The summed E-state index contributed by atoms with van der Waals surface area (Å²) in [6.45, 7) is 24.6. The molecule has 0 aliphatic heterocycles. The summed E-state index contributed by atoms with van der Waals surface area (Å²) in [4.78, 5) is 15.4. The van der Waals surface area contributed by atoms with E-state index in [0.29, 0.717) is 11.4 Å². The largest absolute Gasteiger partial charge is 0.507 e. The summed E-state index contributed by atoms with van der Waals surface area (Å²) in [5.74, 6) is 0.877. The van der Waals surface area contributed by atoms with Crippen molar-refractivity contribution >= 4 is 21.9 Å². The molecule has 0 bridgehead atoms. The van der Waals surface area contributed by atoms with E-state index >= 15 is 0 Å². The fraction of sp³-hybridized carbons (Fsp3) is 0.278. The number of benzene rings is 5. The normalized spacial score (nSPS) is 12.7. The van der Waals surface area contributed by atoms with Crippen LogP contribution in [0.5, 0.6) is 5.75 Å². The molecule has 1 N–H and O–H groups in total. The zero-order chi connectivity index (χ0) is 42.1. The van der Waals surface area contributed by atoms with Crippen molar-refractivity contribution in [2.75, 3.05) is 0 Å². The Labute approximate surface area is 349 Å². The van der Waals surface area contributed by atoms with E-state index in [1.165, 1.54) is 16.7 Å². The van der Waals surface area contributed by atoms with Crippen molar-refractivity contribution in [3.8, 4) is 45.2 Å². The molecule has 298 valence electrons. The lowest BCUT2D eigenvalue weighted by Crippen LogP contribution is -2.19. The molecule has 0 aliphatic carbocycles. The Morgan fingerprint density at radius 3 is 1.80 bits per heavy atom. The molecule has 8 rings (SSSR count). The molecule has 59 heavy (non-hydrogen) atoms. The van der Waals surface area contributed by atoms with Crippen LogP contribution in [-0.4, -0.2) is 24.6 Å². The lowest BCUT2D eigenvalue weighted by Gasteiger charge is -2.27. The fourth-order valence-corrected chi connectivity index (χ4v) is 8.08. The van der Waals surface area contributed by atoms with Gasteiger partial charge in [-0.1, -0.05) is 131 Å². The van der Waals surface area contributed by atoms with E-state index in [0.717, 1.165) is 61.1 Å². The van der Waals surface area contributed by atoms with E-state index in [1.54, 1.807) is 0 Å². The van der Waals surface area contributed by atoms with Crippen LogP contribution in [0, 0.1) is 0 Å². The maximum absolute atomic E-state index is 11.7. The number of phenols is 1. The number of aromatic hydroxyl groups is 1. The molecule has 0 saturated heterocycles. The third-order valence-electron chi connectivity index (χ3n) is 12.0. The molecule has 5 aromatic carbocycles. The van der Waals surface area contributed by atoms with Gasteiger partial charge >= 0.3 is 0 Å². The maximum atomic E-state index is 11.7. The average molecular weight is 777 g/mol. The van der Waals surface area contributed by atoms with Crippen molar-refractivity contribution in [2.24, 2.45) is 0 Å². The molecule has 3 aromatic heterocycles. The van der Waals surface area contributed by atoms with Gasteiger partial charge in [0.25, 0.3) is 0 Å². The molecular formula is C54H56N4O. The monoisotopic (exact) mass is 776 g/mol. The number of pyridine rings is 2. The lowest BCUT2D eigenvalue weighted by molar-refractivity contribution is 0.475. The predicted octanol–water partition coefficient (Wildman–Crippen LogP) is 13.9. The van der Waals surface area contributed by atoms with Crippen molar-refractivity contribution in [2.45, 2.75) is 97.8 Å². The van der Waals surface area contributed by atoms with Crippen LogP contribution in [0.25, 0.3) is 61.4 Å². The van der Waals surface area contributed by atoms with Gasteiger partial charge in [-0.15, -0.1) is 0 Å². The lowest BCUT2D eigenvalue weighted by atomic mass is 9.77. The molecule has 0 unspecified atom stereocenters. The Morgan fingerprint density at radius 1 is 0.475 bits per heavy atom. The van der Waals surface area contributed by atoms with Gasteiger partial charge in [-0.05, 0) is 116 Å². The zero-order valence-corrected chi connectivity index (χ0v) is 36.4. The molecule has 0 spiro atoms. The van der Waals surface area contributed by atoms with Crippen LogP contribution in [0.1, 0.15) is 104 Å². The highest BCUT2D eigenvalue weighted by atomic mass is 16.3. The third-order valence-corrected chi connectivity index (χ3v) is 12.0. The van der Waals surface area contributed by atoms with Gasteiger partial charge < -0.3 is 5.11 Å². The van der Waals surface area contributed by atoms with Gasteiger partial charge in [0, 0.05) is 40.0 Å². The number of imidazole rings is 1. The second-order valence-corrected chi connectivity index (χ2v) is 19.7. The van der Waals surface area contributed by atoms with Crippen LogP contribution in [0.3, 0.4) is 0 Å². The van der Waals surface area contributed by atoms with Crippen molar-refractivity contribution in [1.82, 2.24) is 19.5 Å². The molecule has 5 heteroatoms.